The number of carbonyl (C=O) groups excluding carboxylic acids is 2. The Labute approximate surface area is 235 Å². The fraction of sp³-hybridized carbons (Fsp3) is 0.917. The van der Waals surface area contributed by atoms with E-state index < -0.39 is 16.4 Å². The van der Waals surface area contributed by atoms with E-state index in [4.69, 9.17) is 29.6 Å². The molecule has 0 aliphatic rings. The van der Waals surface area contributed by atoms with E-state index in [9.17, 15) is 23.9 Å². The Balaban J connectivity index is 3.67. The Kier molecular flexibility index (Phi) is 25.7. The van der Waals surface area contributed by atoms with Gasteiger partial charge in [-0.25, -0.2) is 0 Å². The second-order valence-electron chi connectivity index (χ2n) is 9.33. The molecule has 232 valence electrons. The number of phosphoric acid groups is 1. The zero-order valence-electron chi connectivity index (χ0n) is 23.4. The van der Waals surface area contributed by atoms with E-state index in [1.54, 1.807) is 0 Å². The van der Waals surface area contributed by atoms with Gasteiger partial charge in [-0.05, 0) is 83.2 Å². The second-order valence-corrected chi connectivity index (χ2v) is 11.7. The Morgan fingerprint density at radius 2 is 1.15 bits per heavy atom. The summed E-state index contributed by atoms with van der Waals surface area (Å²) in [5, 5.41) is 5.65. The number of hydrogen-bond donors (Lipinski definition) is 4. The van der Waals surface area contributed by atoms with Crippen LogP contribution in [-0.4, -0.2) is 64.4 Å². The first-order chi connectivity index (χ1) is 18.7. The fourth-order valence-electron chi connectivity index (χ4n) is 3.15. The van der Waals surface area contributed by atoms with Crippen molar-refractivity contribution < 1.29 is 42.0 Å². The number of phosphoric ester groups is 1. The van der Waals surface area contributed by atoms with Crippen LogP contribution in [0.1, 0.15) is 84.0 Å². The maximum Gasteiger partial charge on any atom is 0.267 e. The van der Waals surface area contributed by atoms with Crippen molar-refractivity contribution in [3.63, 3.8) is 0 Å². The van der Waals surface area contributed by atoms with Gasteiger partial charge >= 0.3 is 0 Å². The van der Waals surface area contributed by atoms with Crippen molar-refractivity contribution in [3.8, 4) is 0 Å². The highest BCUT2D eigenvalue weighted by molar-refractivity contribution is 7.45. The summed E-state index contributed by atoms with van der Waals surface area (Å²) in [4.78, 5) is 47.2. The molecule has 0 fully saturated rings. The largest absolute Gasteiger partial charge is 0.786 e. The predicted molar refractivity (Wildman–Crippen MR) is 147 cm³/mol. The maximum absolute atomic E-state index is 12.0. The molecule has 0 aromatic rings. The highest BCUT2D eigenvalue weighted by Gasteiger charge is 2.10. The summed E-state index contributed by atoms with van der Waals surface area (Å²) in [5.41, 5.74) is 10.8. The molecule has 0 radical (unpaired) electrons. The van der Waals surface area contributed by atoms with Crippen molar-refractivity contribution in [2.75, 3.05) is 52.6 Å². The van der Waals surface area contributed by atoms with Crippen molar-refractivity contribution in [2.24, 2.45) is 17.4 Å². The van der Waals surface area contributed by atoms with Gasteiger partial charge in [0.2, 0.25) is 11.8 Å². The van der Waals surface area contributed by atoms with Gasteiger partial charge in [-0.1, -0.05) is 6.92 Å². The molecule has 0 bridgehead atoms. The zero-order valence-corrected chi connectivity index (χ0v) is 25.2. The van der Waals surface area contributed by atoms with E-state index in [1.165, 1.54) is 0 Å². The van der Waals surface area contributed by atoms with E-state index in [1.807, 2.05) is 6.92 Å². The van der Waals surface area contributed by atoms with E-state index in [-0.39, 0.29) is 44.0 Å². The molecule has 0 aliphatic carbocycles. The van der Waals surface area contributed by atoms with E-state index in [0.717, 1.165) is 32.1 Å². The topological polar surface area (TPSA) is 210 Å². The summed E-state index contributed by atoms with van der Waals surface area (Å²) >= 11 is 0. The first kappa shape index (κ1) is 38.3. The molecule has 6 N–H and O–H groups in total. The van der Waals surface area contributed by atoms with Crippen LogP contribution in [0.15, 0.2) is 0 Å². The van der Waals surface area contributed by atoms with Crippen LogP contribution in [0, 0.1) is 5.92 Å². The quantitative estimate of drug-likeness (QED) is 0.0748. The highest BCUT2D eigenvalue weighted by Crippen LogP contribution is 2.38. The molecule has 0 saturated heterocycles. The first-order valence-corrected chi connectivity index (χ1v) is 16.5. The Bertz CT molecular complexity index is 665. The summed E-state index contributed by atoms with van der Waals surface area (Å²) in [5.74, 6) is -0.194. The van der Waals surface area contributed by atoms with Gasteiger partial charge in [0.15, 0.2) is 0 Å². The van der Waals surface area contributed by atoms with Crippen LogP contribution in [0.5, 0.6) is 0 Å². The van der Waals surface area contributed by atoms with Crippen LogP contribution in [0.3, 0.4) is 0 Å². The molecular formula is C24H50N4O9P2-2. The molecular weight excluding hydrogens is 550 g/mol. The lowest BCUT2D eigenvalue weighted by Gasteiger charge is -2.22. The van der Waals surface area contributed by atoms with Crippen LogP contribution >= 0.6 is 16.4 Å². The number of rotatable bonds is 28. The molecule has 0 rings (SSSR count). The minimum atomic E-state index is -4.31. The summed E-state index contributed by atoms with van der Waals surface area (Å²) < 4.78 is 31.4. The van der Waals surface area contributed by atoms with Gasteiger partial charge in [0.25, 0.3) is 7.82 Å². The monoisotopic (exact) mass is 600 g/mol. The summed E-state index contributed by atoms with van der Waals surface area (Å²) in [7, 11) is -6.44. The summed E-state index contributed by atoms with van der Waals surface area (Å²) in [6.07, 6.45) is 7.51. The molecule has 0 saturated carbocycles. The van der Waals surface area contributed by atoms with Crippen LogP contribution in [-0.2, 0) is 32.2 Å². The Morgan fingerprint density at radius 1 is 0.744 bits per heavy atom. The summed E-state index contributed by atoms with van der Waals surface area (Å²) in [6.45, 7) is 4.64. The lowest BCUT2D eigenvalue weighted by molar-refractivity contribution is -0.225. The van der Waals surface area contributed by atoms with Crippen molar-refractivity contribution in [3.05, 3.63) is 0 Å². The van der Waals surface area contributed by atoms with E-state index in [0.29, 0.717) is 71.3 Å². The molecule has 0 heterocycles. The van der Waals surface area contributed by atoms with Gasteiger partial charge in [0, 0.05) is 25.9 Å². The molecule has 0 spiro atoms. The highest BCUT2D eigenvalue weighted by atomic mass is 31.2. The van der Waals surface area contributed by atoms with Crippen LogP contribution < -0.4 is 31.9 Å². The predicted octanol–water partition coefficient (Wildman–Crippen LogP) is 1.58. The number of amides is 2. The molecule has 39 heavy (non-hydrogen) atoms. The first-order valence-electron chi connectivity index (χ1n) is 14.0. The average Bonchev–Trinajstić information content (AvgIpc) is 2.90. The van der Waals surface area contributed by atoms with E-state index >= 15 is 0 Å². The third-order valence-corrected chi connectivity index (χ3v) is 7.27. The van der Waals surface area contributed by atoms with Crippen molar-refractivity contribution in [2.45, 2.75) is 84.0 Å². The number of hydrogen-bond acceptors (Lipinski definition) is 11. The molecule has 3 atom stereocenters. The SMILES string of the molecule is CC(CNC(=O)CCCCOP([O-])OCCCCCN)CNC(=O)CCCCOP(=O)([O-])OCCCCCN. The van der Waals surface area contributed by atoms with Crippen LogP contribution in [0.4, 0.5) is 0 Å². The van der Waals surface area contributed by atoms with Crippen molar-refractivity contribution >= 4 is 28.2 Å². The maximum atomic E-state index is 12.0. The van der Waals surface area contributed by atoms with Gasteiger partial charge < -0.3 is 50.0 Å². The summed E-state index contributed by atoms with van der Waals surface area (Å²) in [6, 6.07) is 0. The van der Waals surface area contributed by atoms with Crippen molar-refractivity contribution in [1.29, 1.82) is 0 Å². The van der Waals surface area contributed by atoms with Crippen molar-refractivity contribution in [1.82, 2.24) is 10.6 Å². The van der Waals surface area contributed by atoms with Gasteiger partial charge in [-0.2, -0.15) is 0 Å². The molecule has 15 heteroatoms. The number of unbranched alkanes of at least 4 members (excludes halogenated alkanes) is 6. The Hall–Kier alpha value is -0.720. The average molecular weight is 601 g/mol. The van der Waals surface area contributed by atoms with Gasteiger partial charge in [0.05, 0.1) is 35.0 Å². The minimum absolute atomic E-state index is 0.0345. The molecule has 0 aromatic carbocycles. The molecule has 0 aromatic heterocycles. The molecule has 13 nitrogen and oxygen atoms in total. The number of nitrogens with one attached hydrogen (secondary N) is 2. The van der Waals surface area contributed by atoms with Crippen LogP contribution in [0.25, 0.3) is 0 Å². The smallest absolute Gasteiger partial charge is 0.267 e. The second kappa shape index (κ2) is 26.2. The third-order valence-electron chi connectivity index (χ3n) is 5.48. The fourth-order valence-corrected chi connectivity index (χ4v) is 4.56. The lowest BCUT2D eigenvalue weighted by atomic mass is 10.1. The third kappa shape index (κ3) is 27.2. The molecule has 3 unspecified atom stereocenters. The number of nitrogens with two attached hydrogens (primary N) is 2. The molecule has 2 amide bonds. The van der Waals surface area contributed by atoms with Crippen LogP contribution in [0.2, 0.25) is 0 Å². The number of carbonyl (C=O) groups is 2. The zero-order chi connectivity index (χ0) is 29.2. The molecule has 0 aliphatic heterocycles. The Morgan fingerprint density at radius 3 is 1.62 bits per heavy atom. The van der Waals surface area contributed by atoms with Gasteiger partial charge in [-0.15, -0.1) is 0 Å². The van der Waals surface area contributed by atoms with Gasteiger partial charge in [0.1, 0.15) is 0 Å². The minimum Gasteiger partial charge on any atom is -0.786 e. The lowest BCUT2D eigenvalue weighted by Crippen LogP contribution is -2.35. The normalized spacial score (nSPS) is 14.5. The van der Waals surface area contributed by atoms with Gasteiger partial charge in [-0.3, -0.25) is 14.2 Å². The standard InChI is InChI=1S/C24H51N4O9P2/c1-22(20-27-23(29)12-4-10-17-35-38(31)34-16-8-2-6-14-25)21-28-24(30)13-5-11-19-37-39(32,33)36-18-9-3-7-15-26/h22H,2-21,25-26H2,1H3,(H,27,29)(H,28,30)(H,32,33)/q-1/p-1. The van der Waals surface area contributed by atoms with E-state index in [2.05, 4.69) is 10.6 Å².